The summed E-state index contributed by atoms with van der Waals surface area (Å²) in [4.78, 5) is 14.9. The van der Waals surface area contributed by atoms with Crippen molar-refractivity contribution in [2.75, 3.05) is 7.11 Å². The molecule has 0 fully saturated rings. The average Bonchev–Trinajstić information content (AvgIpc) is 2.92. The summed E-state index contributed by atoms with van der Waals surface area (Å²) in [5, 5.41) is 1.21. The molecule has 3 heteroatoms. The minimum absolute atomic E-state index is 0.211. The van der Waals surface area contributed by atoms with Gasteiger partial charge in [0.25, 0.3) is 0 Å². The van der Waals surface area contributed by atoms with E-state index in [2.05, 4.69) is 48.3 Å². The van der Waals surface area contributed by atoms with Gasteiger partial charge in [0.2, 0.25) is 0 Å². The maximum Gasteiger partial charge on any atom is 0.312 e. The number of aromatic amines is 1. The van der Waals surface area contributed by atoms with E-state index in [-0.39, 0.29) is 11.9 Å². The van der Waals surface area contributed by atoms with Gasteiger partial charge >= 0.3 is 5.97 Å². The lowest BCUT2D eigenvalue weighted by atomic mass is 9.97. The molecule has 1 aromatic heterocycles. The first-order chi connectivity index (χ1) is 10.6. The van der Waals surface area contributed by atoms with Crippen LogP contribution in [0.15, 0.2) is 48.5 Å². The molecule has 0 saturated carbocycles. The molecule has 1 heterocycles. The van der Waals surface area contributed by atoms with Gasteiger partial charge in [-0.05, 0) is 48.7 Å². The van der Waals surface area contributed by atoms with Gasteiger partial charge in [0.1, 0.15) is 0 Å². The highest BCUT2D eigenvalue weighted by Gasteiger charge is 2.15. The molecule has 22 heavy (non-hydrogen) atoms. The van der Waals surface area contributed by atoms with Crippen LogP contribution in [-0.2, 0) is 9.53 Å². The number of fused-ring (bicyclic) bond motifs is 1. The van der Waals surface area contributed by atoms with Gasteiger partial charge in [0.15, 0.2) is 0 Å². The Labute approximate surface area is 129 Å². The lowest BCUT2D eigenvalue weighted by Gasteiger charge is -2.10. The predicted molar refractivity (Wildman–Crippen MR) is 88.9 cm³/mol. The minimum Gasteiger partial charge on any atom is -0.469 e. The zero-order valence-corrected chi connectivity index (χ0v) is 13.0. The number of nitrogens with one attached hydrogen (secondary N) is 1. The second kappa shape index (κ2) is 5.68. The highest BCUT2D eigenvalue weighted by Crippen LogP contribution is 2.26. The first-order valence-electron chi connectivity index (χ1n) is 7.36. The highest BCUT2D eigenvalue weighted by molar-refractivity contribution is 5.86. The number of hydrogen-bond donors (Lipinski definition) is 1. The smallest absolute Gasteiger partial charge is 0.312 e. The largest absolute Gasteiger partial charge is 0.469 e. The Kier molecular flexibility index (Phi) is 3.72. The van der Waals surface area contributed by atoms with Gasteiger partial charge in [-0.3, -0.25) is 4.79 Å². The van der Waals surface area contributed by atoms with Crippen molar-refractivity contribution in [2.45, 2.75) is 19.8 Å². The topological polar surface area (TPSA) is 42.1 Å². The van der Waals surface area contributed by atoms with Crippen LogP contribution in [0.3, 0.4) is 0 Å². The number of benzene rings is 2. The molecule has 3 aromatic rings. The van der Waals surface area contributed by atoms with E-state index in [9.17, 15) is 4.79 Å². The number of H-pyrrole nitrogens is 1. The summed E-state index contributed by atoms with van der Waals surface area (Å²) in [6.45, 7) is 3.91. The summed E-state index contributed by atoms with van der Waals surface area (Å²) in [5.41, 5.74) is 5.59. The Morgan fingerprint density at radius 1 is 1.05 bits per heavy atom. The van der Waals surface area contributed by atoms with Crippen LogP contribution in [0.25, 0.3) is 22.0 Å². The fraction of sp³-hybridized carbons (Fsp3) is 0.211. The molecule has 0 unspecified atom stereocenters. The lowest BCUT2D eigenvalue weighted by Crippen LogP contribution is -2.10. The Balaban J connectivity index is 1.92. The van der Waals surface area contributed by atoms with Crippen molar-refractivity contribution in [2.24, 2.45) is 0 Å². The second-order valence-electron chi connectivity index (χ2n) is 5.62. The first-order valence-corrected chi connectivity index (χ1v) is 7.36. The zero-order chi connectivity index (χ0) is 15.7. The van der Waals surface area contributed by atoms with Crippen molar-refractivity contribution in [3.8, 4) is 11.1 Å². The third-order valence-corrected chi connectivity index (χ3v) is 4.05. The second-order valence-corrected chi connectivity index (χ2v) is 5.62. The summed E-state index contributed by atoms with van der Waals surface area (Å²) in [6.07, 6.45) is 0. The SMILES string of the molecule is COC(=O)[C@H](C)c1ccc(-c2ccc3[nH]c(C)cc3c2)cc1. The number of esters is 1. The van der Waals surface area contributed by atoms with E-state index in [1.54, 1.807) is 0 Å². The third-order valence-electron chi connectivity index (χ3n) is 4.05. The van der Waals surface area contributed by atoms with Gasteiger partial charge in [-0.2, -0.15) is 0 Å². The number of hydrogen-bond acceptors (Lipinski definition) is 2. The van der Waals surface area contributed by atoms with Crippen molar-refractivity contribution in [3.63, 3.8) is 0 Å². The molecule has 0 aliphatic heterocycles. The Morgan fingerprint density at radius 2 is 1.73 bits per heavy atom. The van der Waals surface area contributed by atoms with Gasteiger partial charge in [-0.25, -0.2) is 0 Å². The monoisotopic (exact) mass is 293 g/mol. The number of carbonyl (C=O) groups excluding carboxylic acids is 1. The van der Waals surface area contributed by atoms with E-state index in [0.29, 0.717) is 0 Å². The molecule has 0 saturated heterocycles. The number of carbonyl (C=O) groups is 1. The zero-order valence-electron chi connectivity index (χ0n) is 13.0. The number of aryl methyl sites for hydroxylation is 1. The van der Waals surface area contributed by atoms with Crippen molar-refractivity contribution < 1.29 is 9.53 Å². The van der Waals surface area contributed by atoms with Gasteiger partial charge in [-0.1, -0.05) is 30.3 Å². The lowest BCUT2D eigenvalue weighted by molar-refractivity contribution is -0.141. The third kappa shape index (κ3) is 2.62. The molecule has 0 radical (unpaired) electrons. The Hall–Kier alpha value is -2.55. The molecule has 1 N–H and O–H groups in total. The first kappa shape index (κ1) is 14.4. The van der Waals surface area contributed by atoms with Crippen LogP contribution in [0.1, 0.15) is 24.1 Å². The predicted octanol–water partition coefficient (Wildman–Crippen LogP) is 4.42. The van der Waals surface area contributed by atoms with Crippen LogP contribution >= 0.6 is 0 Å². The molecule has 3 rings (SSSR count). The van der Waals surface area contributed by atoms with E-state index >= 15 is 0 Å². The summed E-state index contributed by atoms with van der Waals surface area (Å²) < 4.78 is 4.79. The van der Waals surface area contributed by atoms with Crippen molar-refractivity contribution >= 4 is 16.9 Å². The number of methoxy groups -OCH3 is 1. The van der Waals surface area contributed by atoms with Crippen LogP contribution in [0.2, 0.25) is 0 Å². The summed E-state index contributed by atoms with van der Waals surface area (Å²) in [6, 6.07) is 16.6. The molecule has 2 aromatic carbocycles. The highest BCUT2D eigenvalue weighted by atomic mass is 16.5. The van der Waals surface area contributed by atoms with E-state index in [0.717, 1.165) is 22.3 Å². The summed E-state index contributed by atoms with van der Waals surface area (Å²) in [5.74, 6) is -0.453. The number of rotatable bonds is 3. The van der Waals surface area contributed by atoms with Crippen LogP contribution in [-0.4, -0.2) is 18.1 Å². The van der Waals surface area contributed by atoms with E-state index in [1.807, 2.05) is 19.1 Å². The average molecular weight is 293 g/mol. The number of ether oxygens (including phenoxy) is 1. The van der Waals surface area contributed by atoms with E-state index < -0.39 is 0 Å². The normalized spacial score (nSPS) is 12.3. The van der Waals surface area contributed by atoms with E-state index in [4.69, 9.17) is 4.74 Å². The molecular formula is C19H19NO2. The quantitative estimate of drug-likeness (QED) is 0.726. The fourth-order valence-corrected chi connectivity index (χ4v) is 2.73. The maximum absolute atomic E-state index is 11.6. The molecular weight excluding hydrogens is 274 g/mol. The summed E-state index contributed by atoms with van der Waals surface area (Å²) >= 11 is 0. The van der Waals surface area contributed by atoms with Crippen molar-refractivity contribution in [3.05, 3.63) is 59.8 Å². The number of aromatic nitrogens is 1. The fourth-order valence-electron chi connectivity index (χ4n) is 2.73. The molecule has 0 amide bonds. The molecule has 0 bridgehead atoms. The van der Waals surface area contributed by atoms with Crippen molar-refractivity contribution in [1.82, 2.24) is 4.98 Å². The van der Waals surface area contributed by atoms with Crippen LogP contribution < -0.4 is 0 Å². The van der Waals surface area contributed by atoms with Crippen LogP contribution in [0, 0.1) is 6.92 Å². The van der Waals surface area contributed by atoms with Crippen LogP contribution in [0.5, 0.6) is 0 Å². The minimum atomic E-state index is -0.242. The van der Waals surface area contributed by atoms with Gasteiger partial charge in [0, 0.05) is 16.6 Å². The summed E-state index contributed by atoms with van der Waals surface area (Å²) in [7, 11) is 1.42. The van der Waals surface area contributed by atoms with Crippen molar-refractivity contribution in [1.29, 1.82) is 0 Å². The molecule has 1 atom stereocenters. The van der Waals surface area contributed by atoms with Gasteiger partial charge in [0.05, 0.1) is 13.0 Å². The Bertz CT molecular complexity index is 815. The van der Waals surface area contributed by atoms with E-state index in [1.165, 1.54) is 18.1 Å². The van der Waals surface area contributed by atoms with Crippen LogP contribution in [0.4, 0.5) is 0 Å². The van der Waals surface area contributed by atoms with Gasteiger partial charge in [-0.15, -0.1) is 0 Å². The molecule has 0 aliphatic carbocycles. The van der Waals surface area contributed by atoms with Gasteiger partial charge < -0.3 is 9.72 Å². The Morgan fingerprint density at radius 3 is 2.41 bits per heavy atom. The molecule has 3 nitrogen and oxygen atoms in total. The molecule has 0 spiro atoms. The standard InChI is InChI=1S/C19H19NO2/c1-12-10-17-11-16(8-9-18(17)20-12)15-6-4-14(5-7-15)13(2)19(21)22-3/h4-11,13,20H,1-3H3/t13-/m1/s1. The molecule has 0 aliphatic rings. The maximum atomic E-state index is 11.6. The molecule has 112 valence electrons.